The zero-order valence-corrected chi connectivity index (χ0v) is 14.9. The highest BCUT2D eigenvalue weighted by Crippen LogP contribution is 2.30. The van der Waals surface area contributed by atoms with Crippen LogP contribution in [-0.2, 0) is 20.0 Å². The summed E-state index contributed by atoms with van der Waals surface area (Å²) in [5.41, 5.74) is 0.187. The maximum atomic E-state index is 12.1. The first-order valence-electron chi connectivity index (χ1n) is 5.20. The fraction of sp³-hybridized carbons (Fsp3) is 0. The number of primary sulfonamides is 1. The van der Waals surface area contributed by atoms with Crippen LogP contribution in [0.25, 0.3) is 0 Å². The largest absolute Gasteiger partial charge is 0.278 e. The molecule has 3 N–H and O–H groups in total. The number of sulfonamides is 2. The van der Waals surface area contributed by atoms with E-state index >= 15 is 0 Å². The van der Waals surface area contributed by atoms with Crippen LogP contribution in [0.3, 0.4) is 0 Å². The van der Waals surface area contributed by atoms with Gasteiger partial charge < -0.3 is 0 Å². The summed E-state index contributed by atoms with van der Waals surface area (Å²) in [6, 6.07) is 6.58. The van der Waals surface area contributed by atoms with Gasteiger partial charge in [-0.3, -0.25) is 4.72 Å². The Morgan fingerprint density at radius 1 is 1.14 bits per heavy atom. The van der Waals surface area contributed by atoms with Gasteiger partial charge in [0.2, 0.25) is 10.0 Å². The first-order valence-corrected chi connectivity index (χ1v) is 10.2. The van der Waals surface area contributed by atoms with Gasteiger partial charge in [0.15, 0.2) is 0 Å². The average Bonchev–Trinajstić information content (AvgIpc) is 2.78. The normalized spacial score (nSPS) is 12.3. The number of halogens is 2. The lowest BCUT2D eigenvalue weighted by atomic mass is 10.3. The van der Waals surface area contributed by atoms with Crippen LogP contribution in [0.5, 0.6) is 0 Å². The summed E-state index contributed by atoms with van der Waals surface area (Å²) in [4.78, 5) is -0.128. The molecule has 1 aromatic carbocycles. The fourth-order valence-electron chi connectivity index (χ4n) is 1.39. The number of thiophene rings is 1. The molecule has 0 aliphatic rings. The van der Waals surface area contributed by atoms with Crippen LogP contribution >= 0.6 is 38.9 Å². The Balaban J connectivity index is 2.36. The summed E-state index contributed by atoms with van der Waals surface area (Å²) < 4.78 is 49.7. The molecule has 0 saturated carbocycles. The van der Waals surface area contributed by atoms with Crippen LogP contribution in [0.4, 0.5) is 5.69 Å². The van der Waals surface area contributed by atoms with Gasteiger partial charge in [-0.2, -0.15) is 0 Å². The second-order valence-corrected chi connectivity index (χ2v) is 9.89. The van der Waals surface area contributed by atoms with Crippen molar-refractivity contribution in [3.8, 4) is 0 Å². The molecular formula is C10H8BrClN2O4S3. The predicted octanol–water partition coefficient (Wildman–Crippen LogP) is 2.61. The number of hydrogen-bond donors (Lipinski definition) is 2. The molecule has 2 rings (SSSR count). The topological polar surface area (TPSA) is 106 Å². The van der Waals surface area contributed by atoms with Crippen molar-refractivity contribution in [2.45, 2.75) is 9.10 Å². The number of nitrogens with one attached hydrogen (secondary N) is 1. The van der Waals surface area contributed by atoms with Crippen LogP contribution in [0.2, 0.25) is 4.34 Å². The summed E-state index contributed by atoms with van der Waals surface area (Å²) in [6.07, 6.45) is 0. The molecular weight excluding hydrogens is 424 g/mol. The van der Waals surface area contributed by atoms with Crippen molar-refractivity contribution in [2.24, 2.45) is 5.14 Å². The highest BCUT2D eigenvalue weighted by Gasteiger charge is 2.19. The standard InChI is InChI=1S/C10H8BrClN2O4S3/c11-7-5-6(20(13,15)16)1-2-8(7)14-21(17,18)10-4-3-9(12)19-10/h1-5,14H,(H2,13,15,16). The molecule has 6 nitrogen and oxygen atoms in total. The van der Waals surface area contributed by atoms with E-state index in [0.717, 1.165) is 11.3 Å². The molecule has 2 aromatic rings. The van der Waals surface area contributed by atoms with Crippen LogP contribution in [0.15, 0.2) is 43.9 Å². The molecule has 0 radical (unpaired) electrons. The van der Waals surface area contributed by atoms with Crippen LogP contribution in [0, 0.1) is 0 Å². The van der Waals surface area contributed by atoms with Gasteiger partial charge in [-0.05, 0) is 46.3 Å². The molecule has 0 spiro atoms. The first kappa shape index (κ1) is 16.7. The van der Waals surface area contributed by atoms with Gasteiger partial charge in [-0.25, -0.2) is 22.0 Å². The van der Waals surface area contributed by atoms with E-state index in [1.54, 1.807) is 0 Å². The van der Waals surface area contributed by atoms with Crippen molar-refractivity contribution in [1.82, 2.24) is 0 Å². The summed E-state index contributed by atoms with van der Waals surface area (Å²) in [7, 11) is -7.65. The number of anilines is 1. The van der Waals surface area contributed by atoms with Gasteiger partial charge in [0.05, 0.1) is 14.9 Å². The average molecular weight is 432 g/mol. The summed E-state index contributed by atoms with van der Waals surface area (Å²) in [6.45, 7) is 0. The third-order valence-electron chi connectivity index (χ3n) is 2.33. The van der Waals surface area contributed by atoms with Gasteiger partial charge in [0.1, 0.15) is 4.21 Å². The molecule has 0 aliphatic heterocycles. The quantitative estimate of drug-likeness (QED) is 0.776. The number of hydrogen-bond acceptors (Lipinski definition) is 5. The fourth-order valence-corrected chi connectivity index (χ4v) is 5.26. The minimum atomic E-state index is -3.86. The Kier molecular flexibility index (Phi) is 4.66. The highest BCUT2D eigenvalue weighted by molar-refractivity contribution is 9.10. The molecule has 114 valence electrons. The minimum Gasteiger partial charge on any atom is -0.278 e. The molecule has 0 unspecified atom stereocenters. The van der Waals surface area contributed by atoms with Crippen molar-refractivity contribution in [3.63, 3.8) is 0 Å². The minimum absolute atomic E-state index is 0.0509. The van der Waals surface area contributed by atoms with E-state index in [1.807, 2.05) is 0 Å². The van der Waals surface area contributed by atoms with Gasteiger partial charge >= 0.3 is 0 Å². The molecule has 0 aliphatic carbocycles. The van der Waals surface area contributed by atoms with Gasteiger partial charge in [0.25, 0.3) is 10.0 Å². The second kappa shape index (κ2) is 5.86. The van der Waals surface area contributed by atoms with Crippen LogP contribution < -0.4 is 9.86 Å². The van der Waals surface area contributed by atoms with Crippen molar-refractivity contribution in [1.29, 1.82) is 0 Å². The molecule has 11 heteroatoms. The maximum Gasteiger partial charge on any atom is 0.271 e. The van der Waals surface area contributed by atoms with E-state index in [9.17, 15) is 16.8 Å². The van der Waals surface area contributed by atoms with E-state index in [4.69, 9.17) is 16.7 Å². The molecule has 0 amide bonds. The number of nitrogens with two attached hydrogens (primary N) is 1. The SMILES string of the molecule is NS(=O)(=O)c1ccc(NS(=O)(=O)c2ccc(Cl)s2)c(Br)c1. The lowest BCUT2D eigenvalue weighted by molar-refractivity contribution is 0.597. The zero-order valence-electron chi connectivity index (χ0n) is 10.1. The van der Waals surface area contributed by atoms with Crippen molar-refractivity contribution in [3.05, 3.63) is 39.1 Å². The lowest BCUT2D eigenvalue weighted by Crippen LogP contribution is -2.14. The Bertz CT molecular complexity index is 893. The zero-order chi connectivity index (χ0) is 15.8. The summed E-state index contributed by atoms with van der Waals surface area (Å²) in [5, 5.41) is 5.00. The van der Waals surface area contributed by atoms with Crippen LogP contribution in [-0.4, -0.2) is 16.8 Å². The van der Waals surface area contributed by atoms with Gasteiger partial charge in [0, 0.05) is 4.47 Å². The Labute approximate surface area is 139 Å². The van der Waals surface area contributed by atoms with Crippen molar-refractivity contribution >= 4 is 64.6 Å². The Morgan fingerprint density at radius 2 is 1.81 bits per heavy atom. The van der Waals surface area contributed by atoms with E-state index in [-0.39, 0.29) is 19.3 Å². The van der Waals surface area contributed by atoms with E-state index in [1.165, 1.54) is 30.3 Å². The smallest absolute Gasteiger partial charge is 0.271 e. The van der Waals surface area contributed by atoms with Crippen molar-refractivity contribution in [2.75, 3.05) is 4.72 Å². The van der Waals surface area contributed by atoms with E-state index in [0.29, 0.717) is 4.34 Å². The third kappa shape index (κ3) is 3.96. The molecule has 21 heavy (non-hydrogen) atoms. The second-order valence-electron chi connectivity index (χ2n) is 3.85. The predicted molar refractivity (Wildman–Crippen MR) is 85.7 cm³/mol. The highest BCUT2D eigenvalue weighted by atomic mass is 79.9. The van der Waals surface area contributed by atoms with Crippen molar-refractivity contribution < 1.29 is 16.8 Å². The molecule has 1 heterocycles. The Morgan fingerprint density at radius 3 is 2.29 bits per heavy atom. The van der Waals surface area contributed by atoms with E-state index < -0.39 is 20.0 Å². The molecule has 0 fully saturated rings. The molecule has 0 bridgehead atoms. The van der Waals surface area contributed by atoms with Gasteiger partial charge in [-0.15, -0.1) is 11.3 Å². The molecule has 0 atom stereocenters. The van der Waals surface area contributed by atoms with E-state index in [2.05, 4.69) is 20.7 Å². The van der Waals surface area contributed by atoms with Crippen LogP contribution in [0.1, 0.15) is 0 Å². The monoisotopic (exact) mass is 430 g/mol. The number of rotatable bonds is 4. The maximum absolute atomic E-state index is 12.1. The third-order valence-corrected chi connectivity index (χ3v) is 6.98. The molecule has 0 saturated heterocycles. The first-order chi connectivity index (χ1) is 9.59. The van der Waals surface area contributed by atoms with Gasteiger partial charge in [-0.1, -0.05) is 11.6 Å². The summed E-state index contributed by atoms with van der Waals surface area (Å²) in [5.74, 6) is 0. The lowest BCUT2D eigenvalue weighted by Gasteiger charge is -2.09. The Hall–Kier alpha value is -0.650. The summed E-state index contributed by atoms with van der Waals surface area (Å²) >= 11 is 9.72. The molecule has 1 aromatic heterocycles. The number of benzene rings is 1.